The van der Waals surface area contributed by atoms with Crippen molar-refractivity contribution in [1.29, 1.82) is 0 Å². The maximum atomic E-state index is 11.3. The van der Waals surface area contributed by atoms with E-state index < -0.39 is 10.0 Å². The lowest BCUT2D eigenvalue weighted by Gasteiger charge is -2.13. The Bertz CT molecular complexity index is 1090. The van der Waals surface area contributed by atoms with Gasteiger partial charge in [-0.25, -0.2) is 23.5 Å². The molecule has 6 nitrogen and oxygen atoms in total. The Labute approximate surface area is 162 Å². The maximum Gasteiger partial charge on any atom is 0.238 e. The van der Waals surface area contributed by atoms with Gasteiger partial charge in [0.25, 0.3) is 0 Å². The van der Waals surface area contributed by atoms with Gasteiger partial charge in [-0.1, -0.05) is 12.1 Å². The molecule has 4 rings (SSSR count). The van der Waals surface area contributed by atoms with Crippen LogP contribution in [0.25, 0.3) is 10.2 Å². The highest BCUT2D eigenvalue weighted by Crippen LogP contribution is 2.38. The second-order valence-corrected chi connectivity index (χ2v) is 9.52. The fourth-order valence-corrected chi connectivity index (χ4v) is 5.39. The summed E-state index contributed by atoms with van der Waals surface area (Å²) in [5, 5.41) is 9.80. The van der Waals surface area contributed by atoms with E-state index in [2.05, 4.69) is 15.3 Å². The van der Waals surface area contributed by atoms with Gasteiger partial charge in [0, 0.05) is 11.4 Å². The number of hydrogen-bond acceptors (Lipinski definition) is 6. The molecule has 0 amide bonds. The number of sulfonamides is 1. The van der Waals surface area contributed by atoms with E-state index in [4.69, 9.17) is 5.14 Å². The second-order valence-electron chi connectivity index (χ2n) is 6.88. The molecule has 0 saturated heterocycles. The Kier molecular flexibility index (Phi) is 4.88. The summed E-state index contributed by atoms with van der Waals surface area (Å²) in [6.07, 6.45) is 5.49. The van der Waals surface area contributed by atoms with Crippen LogP contribution < -0.4 is 10.5 Å². The molecule has 0 spiro atoms. The van der Waals surface area contributed by atoms with E-state index >= 15 is 0 Å². The van der Waals surface area contributed by atoms with Crippen LogP contribution in [0.4, 0.5) is 5.82 Å². The number of nitrogens with two attached hydrogens (primary N) is 1. The van der Waals surface area contributed by atoms with Crippen molar-refractivity contribution >= 4 is 37.4 Å². The summed E-state index contributed by atoms with van der Waals surface area (Å²) >= 11 is 1.80. The van der Waals surface area contributed by atoms with Crippen LogP contribution in [0.3, 0.4) is 0 Å². The number of thiophene rings is 1. The number of anilines is 1. The van der Waals surface area contributed by atoms with Gasteiger partial charge in [0.15, 0.2) is 0 Å². The van der Waals surface area contributed by atoms with E-state index in [-0.39, 0.29) is 4.90 Å². The highest BCUT2D eigenvalue weighted by atomic mass is 32.2. The van der Waals surface area contributed by atoms with E-state index in [0.717, 1.165) is 41.3 Å². The molecule has 0 fully saturated rings. The molecule has 142 valence electrons. The van der Waals surface area contributed by atoms with E-state index in [0.29, 0.717) is 6.54 Å². The first-order chi connectivity index (χ1) is 12.9. The number of primary sulfonamides is 1. The standard InChI is InChI=1S/C19H22N4O2S2/c1-12-22-18(17-15-4-2-3-5-16(15)26-19(17)23-12)21-11-10-13-6-8-14(9-7-13)27(20,24)25/h6-9H,2-5,10-11H2,1H3,(H2,20,24,25)(H,21,22,23). The summed E-state index contributed by atoms with van der Waals surface area (Å²) in [6.45, 7) is 2.64. The van der Waals surface area contributed by atoms with Crippen molar-refractivity contribution in [2.75, 3.05) is 11.9 Å². The molecule has 2 aromatic heterocycles. The minimum Gasteiger partial charge on any atom is -0.369 e. The molecule has 1 aliphatic rings. The summed E-state index contributed by atoms with van der Waals surface area (Å²) in [6, 6.07) is 6.70. The number of aryl methyl sites for hydroxylation is 3. The van der Waals surface area contributed by atoms with Gasteiger partial charge in [-0.05, 0) is 62.3 Å². The maximum absolute atomic E-state index is 11.3. The van der Waals surface area contributed by atoms with Crippen LogP contribution in [-0.2, 0) is 29.3 Å². The summed E-state index contributed by atoms with van der Waals surface area (Å²) in [7, 11) is -3.65. The fourth-order valence-electron chi connectivity index (χ4n) is 3.56. The van der Waals surface area contributed by atoms with Crippen LogP contribution in [-0.4, -0.2) is 24.9 Å². The Morgan fingerprint density at radius 2 is 1.89 bits per heavy atom. The number of rotatable bonds is 5. The lowest BCUT2D eigenvalue weighted by molar-refractivity contribution is 0.598. The van der Waals surface area contributed by atoms with Crippen molar-refractivity contribution < 1.29 is 8.42 Å². The molecule has 3 aromatic rings. The first kappa shape index (κ1) is 18.3. The Balaban J connectivity index is 1.53. The SMILES string of the molecule is Cc1nc(NCCc2ccc(S(N)(=O)=O)cc2)c2c3c(sc2n1)CCCC3. The van der Waals surface area contributed by atoms with Crippen molar-refractivity contribution in [2.24, 2.45) is 5.14 Å². The third kappa shape index (κ3) is 3.83. The summed E-state index contributed by atoms with van der Waals surface area (Å²) < 4.78 is 22.7. The summed E-state index contributed by atoms with van der Waals surface area (Å²) in [4.78, 5) is 12.0. The largest absolute Gasteiger partial charge is 0.369 e. The van der Waals surface area contributed by atoms with Gasteiger partial charge in [-0.2, -0.15) is 0 Å². The number of aromatic nitrogens is 2. The molecular formula is C19H22N4O2S2. The van der Waals surface area contributed by atoms with E-state index in [9.17, 15) is 8.42 Å². The van der Waals surface area contributed by atoms with Crippen LogP contribution in [0, 0.1) is 6.92 Å². The van der Waals surface area contributed by atoms with Gasteiger partial charge in [-0.15, -0.1) is 11.3 Å². The normalized spacial score (nSPS) is 14.3. The van der Waals surface area contributed by atoms with Gasteiger partial charge in [-0.3, -0.25) is 0 Å². The average molecular weight is 403 g/mol. The molecule has 2 heterocycles. The van der Waals surface area contributed by atoms with Gasteiger partial charge < -0.3 is 5.32 Å². The molecule has 0 atom stereocenters. The van der Waals surface area contributed by atoms with Crippen molar-refractivity contribution in [2.45, 2.75) is 43.9 Å². The van der Waals surface area contributed by atoms with Gasteiger partial charge in [0.05, 0.1) is 10.3 Å². The Morgan fingerprint density at radius 3 is 2.63 bits per heavy atom. The molecule has 0 saturated carbocycles. The zero-order valence-corrected chi connectivity index (χ0v) is 16.8. The minimum absolute atomic E-state index is 0.136. The number of hydrogen-bond donors (Lipinski definition) is 2. The van der Waals surface area contributed by atoms with Crippen LogP contribution >= 0.6 is 11.3 Å². The van der Waals surface area contributed by atoms with E-state index in [1.807, 2.05) is 6.92 Å². The fraction of sp³-hybridized carbons (Fsp3) is 0.368. The number of nitrogens with zero attached hydrogens (tertiary/aromatic N) is 2. The van der Waals surface area contributed by atoms with Crippen molar-refractivity contribution in [3.05, 3.63) is 46.1 Å². The average Bonchev–Trinajstić information content (AvgIpc) is 2.99. The monoisotopic (exact) mass is 402 g/mol. The van der Waals surface area contributed by atoms with E-state index in [1.54, 1.807) is 35.6 Å². The smallest absolute Gasteiger partial charge is 0.238 e. The Morgan fingerprint density at radius 1 is 1.15 bits per heavy atom. The van der Waals surface area contributed by atoms with Crippen LogP contribution in [0.15, 0.2) is 29.2 Å². The predicted octanol–water partition coefficient (Wildman–Crippen LogP) is 3.18. The third-order valence-electron chi connectivity index (χ3n) is 4.88. The molecule has 0 radical (unpaired) electrons. The molecular weight excluding hydrogens is 380 g/mol. The zero-order valence-electron chi connectivity index (χ0n) is 15.2. The quantitative estimate of drug-likeness (QED) is 0.683. The van der Waals surface area contributed by atoms with Crippen LogP contribution in [0.2, 0.25) is 0 Å². The summed E-state index contributed by atoms with van der Waals surface area (Å²) in [5.41, 5.74) is 2.46. The first-order valence-corrected chi connectivity index (χ1v) is 11.4. The first-order valence-electron chi connectivity index (χ1n) is 9.06. The molecule has 0 unspecified atom stereocenters. The highest BCUT2D eigenvalue weighted by molar-refractivity contribution is 7.89. The minimum atomic E-state index is -3.65. The molecule has 3 N–H and O–H groups in total. The lowest BCUT2D eigenvalue weighted by Crippen LogP contribution is -2.12. The molecule has 1 aromatic carbocycles. The van der Waals surface area contributed by atoms with Gasteiger partial charge >= 0.3 is 0 Å². The molecule has 27 heavy (non-hydrogen) atoms. The third-order valence-corrected chi connectivity index (χ3v) is 7.00. The molecule has 8 heteroatoms. The molecule has 0 aliphatic heterocycles. The highest BCUT2D eigenvalue weighted by Gasteiger charge is 2.20. The number of fused-ring (bicyclic) bond motifs is 3. The molecule has 1 aliphatic carbocycles. The topological polar surface area (TPSA) is 98.0 Å². The Hall–Kier alpha value is -2.03. The van der Waals surface area contributed by atoms with Crippen molar-refractivity contribution in [1.82, 2.24) is 9.97 Å². The van der Waals surface area contributed by atoms with Crippen LogP contribution in [0.1, 0.15) is 34.7 Å². The lowest BCUT2D eigenvalue weighted by atomic mass is 9.97. The van der Waals surface area contributed by atoms with E-state index in [1.165, 1.54) is 28.7 Å². The zero-order chi connectivity index (χ0) is 19.0. The number of nitrogens with one attached hydrogen (secondary N) is 1. The molecule has 0 bridgehead atoms. The van der Waals surface area contributed by atoms with Crippen LogP contribution in [0.5, 0.6) is 0 Å². The van der Waals surface area contributed by atoms with Crippen molar-refractivity contribution in [3.8, 4) is 0 Å². The van der Waals surface area contributed by atoms with Gasteiger partial charge in [0.1, 0.15) is 16.5 Å². The predicted molar refractivity (Wildman–Crippen MR) is 109 cm³/mol. The van der Waals surface area contributed by atoms with Crippen molar-refractivity contribution in [3.63, 3.8) is 0 Å². The number of benzene rings is 1. The second kappa shape index (κ2) is 7.18. The van der Waals surface area contributed by atoms with Gasteiger partial charge in [0.2, 0.25) is 10.0 Å². The summed E-state index contributed by atoms with van der Waals surface area (Å²) in [5.74, 6) is 1.69.